The highest BCUT2D eigenvalue weighted by molar-refractivity contribution is 7.90. The van der Waals surface area contributed by atoms with Crippen LogP contribution in [0.25, 0.3) is 11.1 Å². The fourth-order valence-corrected chi connectivity index (χ4v) is 7.08. The molecule has 3 aromatic carbocycles. The maximum atomic E-state index is 13.1. The minimum atomic E-state index is -3.87. The lowest BCUT2D eigenvalue weighted by atomic mass is 9.89. The average molecular weight is 710 g/mol. The third-order valence-electron chi connectivity index (χ3n) is 8.63. The smallest absolute Gasteiger partial charge is 0.410 e. The fraction of sp³-hybridized carbons (Fsp3) is 0.459. The van der Waals surface area contributed by atoms with Gasteiger partial charge in [-0.25, -0.2) is 17.9 Å². The Morgan fingerprint density at radius 1 is 1.00 bits per heavy atom. The van der Waals surface area contributed by atoms with E-state index >= 15 is 0 Å². The number of aliphatic hydroxyl groups is 2. The summed E-state index contributed by atoms with van der Waals surface area (Å²) in [6.45, 7) is 5.28. The van der Waals surface area contributed by atoms with Crippen LogP contribution in [0.2, 0.25) is 0 Å². The van der Waals surface area contributed by atoms with Crippen molar-refractivity contribution in [3.63, 3.8) is 0 Å². The van der Waals surface area contributed by atoms with E-state index < -0.39 is 38.7 Å². The molecule has 4 rings (SSSR count). The Kier molecular flexibility index (Phi) is 13.1. The number of hydrogen-bond donors (Lipinski definition) is 3. The summed E-state index contributed by atoms with van der Waals surface area (Å²) in [5, 5.41) is 30.9. The highest BCUT2D eigenvalue weighted by atomic mass is 32.2. The molecule has 0 bridgehead atoms. The van der Waals surface area contributed by atoms with E-state index in [-0.39, 0.29) is 36.9 Å². The van der Waals surface area contributed by atoms with Crippen molar-refractivity contribution in [3.8, 4) is 11.1 Å². The lowest BCUT2D eigenvalue weighted by molar-refractivity contribution is -0.384. The number of nitro groups is 1. The average Bonchev–Trinajstić information content (AvgIpc) is 3.61. The maximum Gasteiger partial charge on any atom is 0.410 e. The molecule has 3 aromatic rings. The van der Waals surface area contributed by atoms with Crippen LogP contribution in [0.1, 0.15) is 98.4 Å². The van der Waals surface area contributed by atoms with Gasteiger partial charge < -0.3 is 19.8 Å². The summed E-state index contributed by atoms with van der Waals surface area (Å²) in [5.74, 6) is -0.837. The number of aryl methyl sites for hydroxylation is 1. The van der Waals surface area contributed by atoms with E-state index in [0.29, 0.717) is 30.5 Å². The van der Waals surface area contributed by atoms with Crippen LogP contribution in [0, 0.1) is 10.1 Å². The lowest BCUT2D eigenvalue weighted by Gasteiger charge is -2.29. The quantitative estimate of drug-likeness (QED) is 0.121. The van der Waals surface area contributed by atoms with Crippen molar-refractivity contribution in [2.45, 2.75) is 83.3 Å². The Balaban J connectivity index is 1.44. The number of amides is 2. The molecule has 1 fully saturated rings. The molecule has 2 amide bonds. The molecule has 50 heavy (non-hydrogen) atoms. The van der Waals surface area contributed by atoms with Crippen molar-refractivity contribution in [2.75, 3.05) is 25.4 Å². The molecule has 1 aliphatic carbocycles. The number of ether oxygens (including phenoxy) is 1. The molecule has 270 valence electrons. The van der Waals surface area contributed by atoms with Gasteiger partial charge in [0.05, 0.1) is 23.3 Å². The second kappa shape index (κ2) is 17.1. The second-order valence-corrected chi connectivity index (χ2v) is 15.5. The van der Waals surface area contributed by atoms with Gasteiger partial charge in [0.15, 0.2) is 0 Å². The van der Waals surface area contributed by atoms with E-state index in [1.165, 1.54) is 29.2 Å². The number of non-ortho nitro benzene ring substituents is 1. The molecular weight excluding hydrogens is 662 g/mol. The van der Waals surface area contributed by atoms with Crippen molar-refractivity contribution < 1.29 is 37.9 Å². The SMILES string of the molecule is CC(C)(C)OC(=O)N(CCCc1ccc(-c2ccc(C(=O)NS(=O)(=O)CCCO)c(C3CCCC3)c2)cc1)C[C@H](O)c1ccc([N+](=O)[O-])cc1. The summed E-state index contributed by atoms with van der Waals surface area (Å²) < 4.78 is 32.5. The summed E-state index contributed by atoms with van der Waals surface area (Å²) in [5.41, 5.74) is 3.69. The molecule has 3 N–H and O–H groups in total. The topological polar surface area (TPSA) is 176 Å². The van der Waals surface area contributed by atoms with Gasteiger partial charge in [-0.15, -0.1) is 0 Å². The Bertz CT molecular complexity index is 1730. The molecule has 0 spiro atoms. The van der Waals surface area contributed by atoms with Crippen LogP contribution in [-0.4, -0.2) is 71.5 Å². The molecule has 0 radical (unpaired) electrons. The molecule has 13 heteroatoms. The summed E-state index contributed by atoms with van der Waals surface area (Å²) in [4.78, 5) is 38.1. The van der Waals surface area contributed by atoms with E-state index in [2.05, 4.69) is 4.72 Å². The van der Waals surface area contributed by atoms with Crippen LogP contribution in [-0.2, 0) is 21.2 Å². The number of carbonyl (C=O) groups excluding carboxylic acids is 2. The van der Waals surface area contributed by atoms with E-state index in [9.17, 15) is 33.2 Å². The third kappa shape index (κ3) is 11.1. The van der Waals surface area contributed by atoms with Crippen molar-refractivity contribution in [1.82, 2.24) is 9.62 Å². The summed E-state index contributed by atoms with van der Waals surface area (Å²) in [6.07, 6.45) is 3.57. The number of sulfonamides is 1. The molecule has 0 aliphatic heterocycles. The van der Waals surface area contributed by atoms with Crippen LogP contribution >= 0.6 is 0 Å². The molecule has 0 saturated heterocycles. The van der Waals surface area contributed by atoms with Gasteiger partial charge in [0.1, 0.15) is 5.60 Å². The number of aliphatic hydroxyl groups excluding tert-OH is 2. The summed E-state index contributed by atoms with van der Waals surface area (Å²) in [6, 6.07) is 19.1. The minimum Gasteiger partial charge on any atom is -0.444 e. The van der Waals surface area contributed by atoms with Crippen LogP contribution in [0.15, 0.2) is 66.7 Å². The van der Waals surface area contributed by atoms with Crippen molar-refractivity contribution in [3.05, 3.63) is 99.1 Å². The van der Waals surface area contributed by atoms with Crippen molar-refractivity contribution >= 4 is 27.7 Å². The van der Waals surface area contributed by atoms with Gasteiger partial charge in [0.25, 0.3) is 11.6 Å². The second-order valence-electron chi connectivity index (χ2n) is 13.7. The highest BCUT2D eigenvalue weighted by Gasteiger charge is 2.27. The zero-order valence-corrected chi connectivity index (χ0v) is 29.7. The first-order chi connectivity index (χ1) is 23.7. The Labute approximate surface area is 293 Å². The Morgan fingerprint density at radius 3 is 2.24 bits per heavy atom. The van der Waals surface area contributed by atoms with E-state index in [1.54, 1.807) is 26.8 Å². The van der Waals surface area contributed by atoms with Crippen LogP contribution in [0.3, 0.4) is 0 Å². The molecule has 0 unspecified atom stereocenters. The highest BCUT2D eigenvalue weighted by Crippen LogP contribution is 2.38. The predicted octanol–water partition coefficient (Wildman–Crippen LogP) is 6.26. The van der Waals surface area contributed by atoms with E-state index in [4.69, 9.17) is 9.84 Å². The zero-order valence-electron chi connectivity index (χ0n) is 28.8. The van der Waals surface area contributed by atoms with Gasteiger partial charge in [0.2, 0.25) is 10.0 Å². The number of rotatable bonds is 15. The molecular formula is C37H47N3O9S. The third-order valence-corrected chi connectivity index (χ3v) is 9.95. The Hall–Kier alpha value is -4.33. The van der Waals surface area contributed by atoms with E-state index in [1.807, 2.05) is 36.4 Å². The molecule has 1 saturated carbocycles. The minimum absolute atomic E-state index is 0.0440. The Morgan fingerprint density at radius 2 is 1.64 bits per heavy atom. The predicted molar refractivity (Wildman–Crippen MR) is 190 cm³/mol. The molecule has 1 aliphatic rings. The zero-order chi connectivity index (χ0) is 36.5. The van der Waals surface area contributed by atoms with E-state index in [0.717, 1.165) is 47.9 Å². The molecule has 0 heterocycles. The molecule has 0 aromatic heterocycles. The standard InChI is InChI=1S/C37H47N3O9S/c1-37(2,3)49-36(44)39(25-34(42)29-15-18-31(19-16-29)40(45)46)21-6-8-26-11-13-27(14-12-26)30-17-20-32(33(24-30)28-9-4-5-10-28)35(43)38-50(47,48)23-7-22-41/h11-20,24,28,34,41-42H,4-10,21-23,25H2,1-3H3,(H,38,43)/t34-/m0/s1. The van der Waals surface area contributed by atoms with Crippen molar-refractivity contribution in [2.24, 2.45) is 0 Å². The number of hydrogen-bond acceptors (Lipinski definition) is 9. The van der Waals surface area contributed by atoms with Gasteiger partial charge >= 0.3 is 6.09 Å². The van der Waals surface area contributed by atoms with Gasteiger partial charge in [-0.1, -0.05) is 49.2 Å². The normalized spacial score (nSPS) is 14.3. The number of nitrogens with zero attached hydrogens (tertiary/aromatic N) is 2. The van der Waals surface area contributed by atoms with Gasteiger partial charge in [0, 0.05) is 30.8 Å². The van der Waals surface area contributed by atoms with Gasteiger partial charge in [-0.05, 0) is 105 Å². The first-order valence-electron chi connectivity index (χ1n) is 16.9. The van der Waals surface area contributed by atoms with Gasteiger partial charge in [-0.2, -0.15) is 0 Å². The van der Waals surface area contributed by atoms with Crippen LogP contribution in [0.5, 0.6) is 0 Å². The summed E-state index contributed by atoms with van der Waals surface area (Å²) >= 11 is 0. The fourth-order valence-electron chi connectivity index (χ4n) is 6.08. The largest absolute Gasteiger partial charge is 0.444 e. The number of nitrogens with one attached hydrogen (secondary N) is 1. The number of nitro benzene ring substituents is 1. The van der Waals surface area contributed by atoms with Gasteiger partial charge in [-0.3, -0.25) is 14.9 Å². The lowest BCUT2D eigenvalue weighted by Crippen LogP contribution is -2.40. The molecule has 12 nitrogen and oxygen atoms in total. The maximum absolute atomic E-state index is 13.1. The van der Waals surface area contributed by atoms with Crippen molar-refractivity contribution in [1.29, 1.82) is 0 Å². The molecule has 1 atom stereocenters. The van der Waals surface area contributed by atoms with Crippen LogP contribution < -0.4 is 4.72 Å². The number of benzene rings is 3. The monoisotopic (exact) mass is 709 g/mol. The number of carbonyl (C=O) groups is 2. The van der Waals surface area contributed by atoms with Crippen LogP contribution in [0.4, 0.5) is 10.5 Å². The first-order valence-corrected chi connectivity index (χ1v) is 18.6. The summed E-state index contributed by atoms with van der Waals surface area (Å²) in [7, 11) is -3.87. The first kappa shape index (κ1) is 38.5.